The van der Waals surface area contributed by atoms with Crippen molar-refractivity contribution in [3.8, 4) is 0 Å². The van der Waals surface area contributed by atoms with E-state index >= 15 is 0 Å². The lowest BCUT2D eigenvalue weighted by atomic mass is 10.0. The van der Waals surface area contributed by atoms with E-state index in [4.69, 9.17) is 0 Å². The molecule has 2 rings (SSSR count). The van der Waals surface area contributed by atoms with E-state index in [0.717, 1.165) is 31.0 Å². The lowest BCUT2D eigenvalue weighted by molar-refractivity contribution is 0.543. The number of aromatic amines is 1. The van der Waals surface area contributed by atoms with E-state index in [0.29, 0.717) is 0 Å². The van der Waals surface area contributed by atoms with Crippen LogP contribution < -0.4 is 0 Å². The quantitative estimate of drug-likeness (QED) is 0.792. The molecule has 0 saturated carbocycles. The first-order valence-corrected chi connectivity index (χ1v) is 5.76. The Morgan fingerprint density at radius 2 is 2.40 bits per heavy atom. The summed E-state index contributed by atoms with van der Waals surface area (Å²) < 4.78 is 0. The van der Waals surface area contributed by atoms with Gasteiger partial charge in [-0.05, 0) is 32.1 Å². The third-order valence-electron chi connectivity index (χ3n) is 3.09. The zero-order valence-corrected chi connectivity index (χ0v) is 9.58. The SMILES string of the molecule is Cc1[nH]cnc1CC1=NCC(C)CCC1. The Labute approximate surface area is 91.0 Å². The average Bonchev–Trinajstić information content (AvgIpc) is 2.48. The maximum atomic E-state index is 4.68. The van der Waals surface area contributed by atoms with E-state index in [1.807, 2.05) is 0 Å². The van der Waals surface area contributed by atoms with Crippen LogP contribution in [0.15, 0.2) is 11.3 Å². The minimum absolute atomic E-state index is 0.753. The van der Waals surface area contributed by atoms with E-state index < -0.39 is 0 Å². The van der Waals surface area contributed by atoms with Gasteiger partial charge in [-0.2, -0.15) is 0 Å². The highest BCUT2D eigenvalue weighted by atomic mass is 14.9. The smallest absolute Gasteiger partial charge is 0.0925 e. The average molecular weight is 205 g/mol. The summed E-state index contributed by atoms with van der Waals surface area (Å²) in [6.45, 7) is 5.35. The maximum Gasteiger partial charge on any atom is 0.0925 e. The molecule has 1 N–H and O–H groups in total. The fourth-order valence-corrected chi connectivity index (χ4v) is 2.01. The number of aromatic nitrogens is 2. The van der Waals surface area contributed by atoms with Crippen LogP contribution in [-0.2, 0) is 6.42 Å². The van der Waals surface area contributed by atoms with Gasteiger partial charge in [0.2, 0.25) is 0 Å². The predicted octanol–water partition coefficient (Wildman–Crippen LogP) is 2.52. The van der Waals surface area contributed by atoms with Crippen LogP contribution in [0.1, 0.15) is 37.6 Å². The minimum atomic E-state index is 0.753. The standard InChI is InChI=1S/C12H19N3/c1-9-4-3-5-11(13-7-9)6-12-10(2)14-8-15-12/h8-9H,3-7H2,1-2H3,(H,14,15). The summed E-state index contributed by atoms with van der Waals surface area (Å²) in [5.74, 6) is 0.753. The number of imidazole rings is 1. The second kappa shape index (κ2) is 4.60. The van der Waals surface area contributed by atoms with Gasteiger partial charge in [0.05, 0.1) is 12.0 Å². The van der Waals surface area contributed by atoms with E-state index in [1.54, 1.807) is 6.33 Å². The first kappa shape index (κ1) is 10.4. The molecule has 0 radical (unpaired) electrons. The number of nitrogens with one attached hydrogen (secondary N) is 1. The highest BCUT2D eigenvalue weighted by Gasteiger charge is 2.11. The number of hydrogen-bond acceptors (Lipinski definition) is 2. The summed E-state index contributed by atoms with van der Waals surface area (Å²) in [6.07, 6.45) is 6.44. The van der Waals surface area contributed by atoms with Crippen molar-refractivity contribution in [3.63, 3.8) is 0 Å². The van der Waals surface area contributed by atoms with Gasteiger partial charge in [0.1, 0.15) is 0 Å². The first-order valence-electron chi connectivity index (χ1n) is 5.76. The molecule has 1 atom stereocenters. The fraction of sp³-hybridized carbons (Fsp3) is 0.667. The van der Waals surface area contributed by atoms with Crippen LogP contribution in [0.5, 0.6) is 0 Å². The molecule has 1 aliphatic heterocycles. The van der Waals surface area contributed by atoms with Crippen molar-refractivity contribution in [1.82, 2.24) is 9.97 Å². The summed E-state index contributed by atoms with van der Waals surface area (Å²) in [5, 5.41) is 0. The molecule has 0 spiro atoms. The van der Waals surface area contributed by atoms with Crippen molar-refractivity contribution < 1.29 is 0 Å². The number of H-pyrrole nitrogens is 1. The zero-order chi connectivity index (χ0) is 10.7. The van der Waals surface area contributed by atoms with Crippen molar-refractivity contribution in [3.05, 3.63) is 17.7 Å². The molecule has 82 valence electrons. The van der Waals surface area contributed by atoms with Crippen LogP contribution in [0, 0.1) is 12.8 Å². The number of nitrogens with zero attached hydrogens (tertiary/aromatic N) is 2. The Hall–Kier alpha value is -1.12. The molecule has 1 aromatic heterocycles. The van der Waals surface area contributed by atoms with Gasteiger partial charge in [-0.3, -0.25) is 4.99 Å². The molecule has 1 unspecified atom stereocenters. The minimum Gasteiger partial charge on any atom is -0.348 e. The molecular weight excluding hydrogens is 186 g/mol. The van der Waals surface area contributed by atoms with Gasteiger partial charge in [0.15, 0.2) is 0 Å². The molecule has 1 aromatic rings. The Balaban J connectivity index is 2.02. The highest BCUT2D eigenvalue weighted by Crippen LogP contribution is 2.16. The van der Waals surface area contributed by atoms with Crippen molar-refractivity contribution in [2.75, 3.05) is 6.54 Å². The van der Waals surface area contributed by atoms with E-state index in [1.165, 1.54) is 24.2 Å². The Morgan fingerprint density at radius 1 is 1.53 bits per heavy atom. The van der Waals surface area contributed by atoms with Crippen LogP contribution in [0.3, 0.4) is 0 Å². The van der Waals surface area contributed by atoms with Crippen LogP contribution in [0.4, 0.5) is 0 Å². The molecular formula is C12H19N3. The maximum absolute atomic E-state index is 4.68. The van der Waals surface area contributed by atoms with Gasteiger partial charge >= 0.3 is 0 Å². The summed E-state index contributed by atoms with van der Waals surface area (Å²) in [7, 11) is 0. The molecule has 3 heteroatoms. The van der Waals surface area contributed by atoms with Crippen LogP contribution in [0.2, 0.25) is 0 Å². The predicted molar refractivity (Wildman–Crippen MR) is 62.3 cm³/mol. The number of rotatable bonds is 2. The first-order chi connectivity index (χ1) is 7.25. The molecule has 0 saturated heterocycles. The second-order valence-corrected chi connectivity index (χ2v) is 4.56. The Morgan fingerprint density at radius 3 is 3.13 bits per heavy atom. The van der Waals surface area contributed by atoms with Crippen LogP contribution in [0.25, 0.3) is 0 Å². The van der Waals surface area contributed by atoms with Gasteiger partial charge in [-0.25, -0.2) is 4.98 Å². The topological polar surface area (TPSA) is 41.0 Å². The van der Waals surface area contributed by atoms with E-state index in [9.17, 15) is 0 Å². The molecule has 0 amide bonds. The fourth-order valence-electron chi connectivity index (χ4n) is 2.01. The molecule has 0 bridgehead atoms. The van der Waals surface area contributed by atoms with Gasteiger partial charge in [0, 0.05) is 24.4 Å². The van der Waals surface area contributed by atoms with Crippen LogP contribution >= 0.6 is 0 Å². The van der Waals surface area contributed by atoms with E-state index in [-0.39, 0.29) is 0 Å². The Bertz CT molecular complexity index is 352. The third-order valence-corrected chi connectivity index (χ3v) is 3.09. The van der Waals surface area contributed by atoms with Gasteiger partial charge < -0.3 is 4.98 Å². The summed E-state index contributed by atoms with van der Waals surface area (Å²) in [6, 6.07) is 0. The number of aliphatic imine (C=N–C) groups is 1. The molecule has 2 heterocycles. The molecule has 0 aromatic carbocycles. The highest BCUT2D eigenvalue weighted by molar-refractivity contribution is 5.86. The van der Waals surface area contributed by atoms with Crippen molar-refractivity contribution in [1.29, 1.82) is 0 Å². The van der Waals surface area contributed by atoms with Gasteiger partial charge in [-0.15, -0.1) is 0 Å². The normalized spacial score (nSPS) is 22.3. The van der Waals surface area contributed by atoms with Crippen molar-refractivity contribution >= 4 is 5.71 Å². The third kappa shape index (κ3) is 2.67. The largest absolute Gasteiger partial charge is 0.348 e. The molecule has 0 fully saturated rings. The summed E-state index contributed by atoms with van der Waals surface area (Å²) in [5.41, 5.74) is 3.66. The van der Waals surface area contributed by atoms with E-state index in [2.05, 4.69) is 28.8 Å². The second-order valence-electron chi connectivity index (χ2n) is 4.56. The number of hydrogen-bond donors (Lipinski definition) is 1. The van der Waals surface area contributed by atoms with Crippen LogP contribution in [-0.4, -0.2) is 22.2 Å². The van der Waals surface area contributed by atoms with Crippen molar-refractivity contribution in [2.24, 2.45) is 10.9 Å². The monoisotopic (exact) mass is 205 g/mol. The van der Waals surface area contributed by atoms with Crippen molar-refractivity contribution in [2.45, 2.75) is 39.5 Å². The molecule has 0 aliphatic carbocycles. The molecule has 1 aliphatic rings. The lowest BCUT2D eigenvalue weighted by Crippen LogP contribution is -2.04. The summed E-state index contributed by atoms with van der Waals surface area (Å²) >= 11 is 0. The number of aryl methyl sites for hydroxylation is 1. The lowest BCUT2D eigenvalue weighted by Gasteiger charge is -2.02. The summed E-state index contributed by atoms with van der Waals surface area (Å²) in [4.78, 5) is 12.1. The zero-order valence-electron chi connectivity index (χ0n) is 9.58. The van der Waals surface area contributed by atoms with Gasteiger partial charge in [0.25, 0.3) is 0 Å². The molecule has 15 heavy (non-hydrogen) atoms. The molecule has 3 nitrogen and oxygen atoms in total. The van der Waals surface area contributed by atoms with Gasteiger partial charge in [-0.1, -0.05) is 6.92 Å². The Kier molecular flexibility index (Phi) is 3.19.